The molecule has 22 heavy (non-hydrogen) atoms. The molecule has 0 radical (unpaired) electrons. The van der Waals surface area contributed by atoms with Crippen LogP contribution in [-0.2, 0) is 16.0 Å². The van der Waals surface area contributed by atoms with Crippen LogP contribution in [0.5, 0.6) is 0 Å². The summed E-state index contributed by atoms with van der Waals surface area (Å²) in [6.45, 7) is 0.658. The van der Waals surface area contributed by atoms with Gasteiger partial charge in [-0.3, -0.25) is 9.59 Å². The van der Waals surface area contributed by atoms with E-state index in [1.165, 1.54) is 12.0 Å². The second-order valence-electron chi connectivity index (χ2n) is 6.72. The second-order valence-corrected chi connectivity index (χ2v) is 6.72. The van der Waals surface area contributed by atoms with E-state index in [1.54, 1.807) is 4.90 Å². The highest BCUT2D eigenvalue weighted by atomic mass is 16.2. The molecule has 3 heterocycles. The van der Waals surface area contributed by atoms with Crippen LogP contribution in [0.4, 0.5) is 5.69 Å². The third-order valence-corrected chi connectivity index (χ3v) is 5.47. The Labute approximate surface area is 131 Å². The van der Waals surface area contributed by atoms with Gasteiger partial charge in [-0.2, -0.15) is 0 Å². The van der Waals surface area contributed by atoms with Crippen LogP contribution in [0.15, 0.2) is 24.3 Å². The van der Waals surface area contributed by atoms with E-state index in [2.05, 4.69) is 6.07 Å². The van der Waals surface area contributed by atoms with Crippen molar-refractivity contribution >= 4 is 17.5 Å². The molecular formula is C18H22N2O2. The Kier molecular flexibility index (Phi) is 3.40. The summed E-state index contributed by atoms with van der Waals surface area (Å²) >= 11 is 0. The van der Waals surface area contributed by atoms with Crippen molar-refractivity contribution in [3.05, 3.63) is 29.8 Å². The van der Waals surface area contributed by atoms with E-state index in [1.807, 2.05) is 23.1 Å². The first-order valence-corrected chi connectivity index (χ1v) is 8.48. The summed E-state index contributed by atoms with van der Waals surface area (Å²) in [4.78, 5) is 29.2. The van der Waals surface area contributed by atoms with Gasteiger partial charge in [-0.1, -0.05) is 18.2 Å². The van der Waals surface area contributed by atoms with Crippen LogP contribution in [0.2, 0.25) is 0 Å². The highest BCUT2D eigenvalue weighted by Crippen LogP contribution is 2.36. The molecule has 0 saturated carbocycles. The number of carbonyl (C=O) groups is 2. The smallest absolute Gasteiger partial charge is 0.316 e. The standard InChI is InChI=1S/C18H22N2O2/c21-17(18(22)20-14-7-3-8-15(20)11-10-14)19-12-4-6-13-5-1-2-9-16(13)19/h1-2,5,9,14-15H,3-4,6-8,10-12H2. The molecule has 1 aromatic carbocycles. The van der Waals surface area contributed by atoms with Gasteiger partial charge in [0.15, 0.2) is 0 Å². The molecule has 3 aliphatic heterocycles. The van der Waals surface area contributed by atoms with E-state index in [4.69, 9.17) is 0 Å². The summed E-state index contributed by atoms with van der Waals surface area (Å²) in [5, 5.41) is 0. The Morgan fingerprint density at radius 1 is 0.909 bits per heavy atom. The van der Waals surface area contributed by atoms with Crippen molar-refractivity contribution in [3.63, 3.8) is 0 Å². The summed E-state index contributed by atoms with van der Waals surface area (Å²) in [6, 6.07) is 8.57. The van der Waals surface area contributed by atoms with Crippen LogP contribution in [-0.4, -0.2) is 35.3 Å². The molecule has 2 amide bonds. The number of piperidine rings is 1. The largest absolute Gasteiger partial charge is 0.328 e. The predicted octanol–water partition coefficient (Wildman–Crippen LogP) is 2.51. The molecule has 4 heteroatoms. The van der Waals surface area contributed by atoms with Gasteiger partial charge in [0, 0.05) is 24.3 Å². The third kappa shape index (κ3) is 2.13. The maximum atomic E-state index is 12.8. The van der Waals surface area contributed by atoms with Crippen LogP contribution in [0.25, 0.3) is 0 Å². The van der Waals surface area contributed by atoms with Crippen molar-refractivity contribution in [1.82, 2.24) is 4.90 Å². The Morgan fingerprint density at radius 3 is 2.41 bits per heavy atom. The number of nitrogens with zero attached hydrogens (tertiary/aromatic N) is 2. The van der Waals surface area contributed by atoms with Gasteiger partial charge in [0.05, 0.1) is 0 Å². The van der Waals surface area contributed by atoms with Gasteiger partial charge >= 0.3 is 11.8 Å². The first-order chi connectivity index (χ1) is 10.8. The summed E-state index contributed by atoms with van der Waals surface area (Å²) in [6.07, 6.45) is 7.38. The Balaban J connectivity index is 1.59. The van der Waals surface area contributed by atoms with E-state index >= 15 is 0 Å². The molecule has 3 aliphatic rings. The van der Waals surface area contributed by atoms with Gasteiger partial charge in [-0.15, -0.1) is 0 Å². The van der Waals surface area contributed by atoms with Crippen molar-refractivity contribution in [2.75, 3.05) is 11.4 Å². The molecule has 0 aliphatic carbocycles. The molecule has 0 N–H and O–H groups in total. The molecule has 1 aromatic rings. The van der Waals surface area contributed by atoms with Crippen LogP contribution in [0, 0.1) is 0 Å². The molecule has 4 rings (SSSR count). The second kappa shape index (κ2) is 5.41. The quantitative estimate of drug-likeness (QED) is 0.691. The summed E-state index contributed by atoms with van der Waals surface area (Å²) in [5.74, 6) is -0.602. The lowest BCUT2D eigenvalue weighted by molar-refractivity contribution is -0.147. The van der Waals surface area contributed by atoms with Crippen LogP contribution >= 0.6 is 0 Å². The van der Waals surface area contributed by atoms with Crippen molar-refractivity contribution in [1.29, 1.82) is 0 Å². The zero-order valence-electron chi connectivity index (χ0n) is 12.8. The fourth-order valence-corrected chi connectivity index (χ4v) is 4.42. The Hall–Kier alpha value is -1.84. The molecule has 0 aromatic heterocycles. The Morgan fingerprint density at radius 2 is 1.64 bits per heavy atom. The van der Waals surface area contributed by atoms with Crippen molar-refractivity contribution in [2.24, 2.45) is 0 Å². The SMILES string of the molecule is O=C(C(=O)N1C2CCCC1CC2)N1CCCc2ccccc21. The number of anilines is 1. The number of rotatable bonds is 0. The summed E-state index contributed by atoms with van der Waals surface area (Å²) in [7, 11) is 0. The van der Waals surface area contributed by atoms with Crippen molar-refractivity contribution < 1.29 is 9.59 Å². The van der Waals surface area contributed by atoms with E-state index in [0.29, 0.717) is 18.6 Å². The highest BCUT2D eigenvalue weighted by Gasteiger charge is 2.43. The fourth-order valence-electron chi connectivity index (χ4n) is 4.42. The van der Waals surface area contributed by atoms with Crippen LogP contribution < -0.4 is 4.90 Å². The zero-order valence-corrected chi connectivity index (χ0v) is 12.8. The van der Waals surface area contributed by atoms with Crippen molar-refractivity contribution in [3.8, 4) is 0 Å². The molecular weight excluding hydrogens is 276 g/mol. The molecule has 2 bridgehead atoms. The molecule has 116 valence electrons. The van der Waals surface area contributed by atoms with Crippen LogP contribution in [0.1, 0.15) is 44.1 Å². The van der Waals surface area contributed by atoms with E-state index in [0.717, 1.165) is 44.2 Å². The van der Waals surface area contributed by atoms with E-state index in [9.17, 15) is 9.59 Å². The molecule has 4 nitrogen and oxygen atoms in total. The molecule has 2 atom stereocenters. The minimum absolute atomic E-state index is 0.274. The van der Waals surface area contributed by atoms with Gasteiger partial charge in [-0.25, -0.2) is 0 Å². The number of aryl methyl sites for hydroxylation is 1. The molecule has 0 spiro atoms. The highest BCUT2D eigenvalue weighted by molar-refractivity contribution is 6.40. The maximum Gasteiger partial charge on any atom is 0.316 e. The van der Waals surface area contributed by atoms with Crippen molar-refractivity contribution in [2.45, 2.75) is 57.0 Å². The normalized spacial score (nSPS) is 26.7. The lowest BCUT2D eigenvalue weighted by Gasteiger charge is -2.36. The number of amides is 2. The number of fused-ring (bicyclic) bond motifs is 3. The minimum atomic E-state index is -0.328. The van der Waals surface area contributed by atoms with Crippen LogP contribution in [0.3, 0.4) is 0 Å². The number of hydrogen-bond acceptors (Lipinski definition) is 2. The number of benzene rings is 1. The van der Waals surface area contributed by atoms with Gasteiger partial charge in [0.1, 0.15) is 0 Å². The molecule has 2 saturated heterocycles. The first-order valence-electron chi connectivity index (χ1n) is 8.48. The predicted molar refractivity (Wildman–Crippen MR) is 84.6 cm³/mol. The zero-order chi connectivity index (χ0) is 15.1. The maximum absolute atomic E-state index is 12.8. The van der Waals surface area contributed by atoms with Gasteiger partial charge in [0.2, 0.25) is 0 Å². The Bertz CT molecular complexity index is 597. The topological polar surface area (TPSA) is 40.6 Å². The van der Waals surface area contributed by atoms with E-state index < -0.39 is 0 Å². The van der Waals surface area contributed by atoms with Gasteiger partial charge in [0.25, 0.3) is 0 Å². The third-order valence-electron chi connectivity index (χ3n) is 5.47. The van der Waals surface area contributed by atoms with Gasteiger partial charge < -0.3 is 9.80 Å². The average Bonchev–Trinajstić information content (AvgIpc) is 2.81. The van der Waals surface area contributed by atoms with E-state index in [-0.39, 0.29) is 11.8 Å². The monoisotopic (exact) mass is 298 g/mol. The number of para-hydroxylation sites is 1. The summed E-state index contributed by atoms with van der Waals surface area (Å²) < 4.78 is 0. The minimum Gasteiger partial charge on any atom is -0.328 e. The molecule has 2 fully saturated rings. The number of hydrogen-bond donors (Lipinski definition) is 0. The van der Waals surface area contributed by atoms with Gasteiger partial charge in [-0.05, 0) is 56.6 Å². The number of carbonyl (C=O) groups excluding carboxylic acids is 2. The first kappa shape index (κ1) is 13.8. The lowest BCUT2D eigenvalue weighted by atomic mass is 10.0. The molecule has 2 unspecified atom stereocenters. The average molecular weight is 298 g/mol. The summed E-state index contributed by atoms with van der Waals surface area (Å²) in [5.41, 5.74) is 2.10. The lowest BCUT2D eigenvalue weighted by Crippen LogP contribution is -2.52. The fraction of sp³-hybridized carbons (Fsp3) is 0.556.